The van der Waals surface area contributed by atoms with Crippen molar-refractivity contribution in [3.8, 4) is 0 Å². The highest BCUT2D eigenvalue weighted by Crippen LogP contribution is 2.34. The Bertz CT molecular complexity index is 840. The number of nitrogens with zero attached hydrogens (tertiary/aromatic N) is 1. The van der Waals surface area contributed by atoms with Crippen LogP contribution >= 0.6 is 0 Å². The van der Waals surface area contributed by atoms with E-state index in [0.717, 1.165) is 44.5 Å². The standard InChI is InChI=1S/C22H28FNO3S/c1-2-3-14-24-15-13-22(18-9-11-20(23)12-10-18)19(16-24)17-27-28(25,26)21-7-5-4-6-8-21/h4-12,19,22H,2-3,13-17H2,1H3/t19-,22+/m0/s1. The summed E-state index contributed by atoms with van der Waals surface area (Å²) >= 11 is 0. The van der Waals surface area contributed by atoms with Gasteiger partial charge in [-0.1, -0.05) is 43.7 Å². The van der Waals surface area contributed by atoms with Gasteiger partial charge in [-0.3, -0.25) is 4.18 Å². The van der Waals surface area contributed by atoms with Crippen molar-refractivity contribution in [3.63, 3.8) is 0 Å². The lowest BCUT2D eigenvalue weighted by Gasteiger charge is -2.38. The molecule has 28 heavy (non-hydrogen) atoms. The zero-order valence-electron chi connectivity index (χ0n) is 16.3. The average Bonchev–Trinajstić information content (AvgIpc) is 2.72. The van der Waals surface area contributed by atoms with E-state index in [1.54, 1.807) is 42.5 Å². The summed E-state index contributed by atoms with van der Waals surface area (Å²) in [5.41, 5.74) is 1.04. The van der Waals surface area contributed by atoms with E-state index in [1.807, 2.05) is 0 Å². The molecule has 1 saturated heterocycles. The van der Waals surface area contributed by atoms with Gasteiger partial charge in [0.05, 0.1) is 11.5 Å². The number of hydrogen-bond acceptors (Lipinski definition) is 4. The zero-order valence-corrected chi connectivity index (χ0v) is 17.1. The highest BCUT2D eigenvalue weighted by atomic mass is 32.2. The van der Waals surface area contributed by atoms with Crippen LogP contribution in [0.3, 0.4) is 0 Å². The minimum atomic E-state index is -3.78. The van der Waals surface area contributed by atoms with E-state index in [2.05, 4.69) is 11.8 Å². The molecule has 0 radical (unpaired) electrons. The summed E-state index contributed by atoms with van der Waals surface area (Å²) in [5.74, 6) is -0.0670. The molecule has 0 aromatic heterocycles. The summed E-state index contributed by atoms with van der Waals surface area (Å²) in [4.78, 5) is 2.55. The molecule has 2 atom stereocenters. The van der Waals surface area contributed by atoms with Gasteiger partial charge in [0.25, 0.3) is 10.1 Å². The third-order valence-corrected chi connectivity index (χ3v) is 6.71. The van der Waals surface area contributed by atoms with Crippen LogP contribution in [0.4, 0.5) is 4.39 Å². The van der Waals surface area contributed by atoms with Crippen molar-refractivity contribution in [1.29, 1.82) is 0 Å². The van der Waals surface area contributed by atoms with Gasteiger partial charge in [0, 0.05) is 12.5 Å². The third-order valence-electron chi connectivity index (χ3n) is 5.41. The maximum absolute atomic E-state index is 13.3. The summed E-state index contributed by atoms with van der Waals surface area (Å²) < 4.78 is 43.8. The van der Waals surface area contributed by atoms with Gasteiger partial charge >= 0.3 is 0 Å². The van der Waals surface area contributed by atoms with Crippen LogP contribution in [-0.4, -0.2) is 39.6 Å². The van der Waals surface area contributed by atoms with Gasteiger partial charge in [0.1, 0.15) is 5.82 Å². The summed E-state index contributed by atoms with van der Waals surface area (Å²) in [6, 6.07) is 14.8. The molecule has 0 N–H and O–H groups in total. The van der Waals surface area contributed by atoms with Crippen LogP contribution in [0.2, 0.25) is 0 Å². The number of rotatable bonds is 8. The molecule has 1 heterocycles. The normalized spacial score (nSPS) is 20.9. The molecule has 4 nitrogen and oxygen atoms in total. The second kappa shape index (κ2) is 9.63. The van der Waals surface area contributed by atoms with Crippen LogP contribution < -0.4 is 0 Å². The number of hydrogen-bond donors (Lipinski definition) is 0. The van der Waals surface area contributed by atoms with Crippen molar-refractivity contribution in [2.24, 2.45) is 5.92 Å². The lowest BCUT2D eigenvalue weighted by Crippen LogP contribution is -2.42. The van der Waals surface area contributed by atoms with E-state index in [4.69, 9.17) is 4.18 Å². The molecule has 152 valence electrons. The SMILES string of the molecule is CCCCN1CC[C@H](c2ccc(F)cc2)[C@H](COS(=O)(=O)c2ccccc2)C1. The Morgan fingerprint density at radius 3 is 2.50 bits per heavy atom. The molecule has 0 aliphatic carbocycles. The molecule has 6 heteroatoms. The molecule has 0 saturated carbocycles. The maximum atomic E-state index is 13.3. The number of piperidine rings is 1. The molecule has 0 amide bonds. The van der Waals surface area contributed by atoms with Gasteiger partial charge in [-0.2, -0.15) is 8.42 Å². The van der Waals surface area contributed by atoms with E-state index < -0.39 is 10.1 Å². The van der Waals surface area contributed by atoms with Crippen LogP contribution in [0.15, 0.2) is 59.5 Å². The van der Waals surface area contributed by atoms with Crippen molar-refractivity contribution in [2.45, 2.75) is 37.0 Å². The lowest BCUT2D eigenvalue weighted by atomic mass is 9.81. The minimum absolute atomic E-state index is 0.0366. The lowest BCUT2D eigenvalue weighted by molar-refractivity contribution is 0.112. The molecule has 0 bridgehead atoms. The number of likely N-dealkylation sites (tertiary alicyclic amines) is 1. The Morgan fingerprint density at radius 1 is 1.11 bits per heavy atom. The van der Waals surface area contributed by atoms with E-state index in [-0.39, 0.29) is 29.2 Å². The second-order valence-electron chi connectivity index (χ2n) is 7.41. The average molecular weight is 406 g/mol. The summed E-state index contributed by atoms with van der Waals surface area (Å²) in [6.07, 6.45) is 3.16. The quantitative estimate of drug-likeness (QED) is 0.609. The molecule has 3 rings (SSSR count). The van der Waals surface area contributed by atoms with Crippen LogP contribution in [0.1, 0.15) is 37.7 Å². The summed E-state index contributed by atoms with van der Waals surface area (Å²) in [7, 11) is -3.78. The molecule has 2 aromatic rings. The third kappa shape index (κ3) is 5.40. The first kappa shape index (κ1) is 21.0. The number of unbranched alkanes of at least 4 members (excludes halogenated alkanes) is 1. The Kier molecular flexibility index (Phi) is 7.21. The van der Waals surface area contributed by atoms with Crippen LogP contribution in [0.25, 0.3) is 0 Å². The Morgan fingerprint density at radius 2 is 1.82 bits per heavy atom. The molecule has 0 unspecified atom stereocenters. The van der Waals surface area contributed by atoms with Crippen molar-refractivity contribution < 1.29 is 17.0 Å². The maximum Gasteiger partial charge on any atom is 0.296 e. The smallest absolute Gasteiger partial charge is 0.296 e. The second-order valence-corrected chi connectivity index (χ2v) is 9.03. The van der Waals surface area contributed by atoms with Crippen molar-refractivity contribution in [1.82, 2.24) is 4.90 Å². The van der Waals surface area contributed by atoms with Crippen LogP contribution in [-0.2, 0) is 14.3 Å². The molecule has 2 aromatic carbocycles. The van der Waals surface area contributed by atoms with E-state index in [1.165, 1.54) is 12.1 Å². The predicted molar refractivity (Wildman–Crippen MR) is 108 cm³/mol. The predicted octanol–water partition coefficient (Wildman–Crippen LogP) is 4.44. The highest BCUT2D eigenvalue weighted by Gasteiger charge is 2.32. The van der Waals surface area contributed by atoms with E-state index >= 15 is 0 Å². The first-order valence-corrected chi connectivity index (χ1v) is 11.3. The summed E-state index contributed by atoms with van der Waals surface area (Å²) in [5, 5.41) is 0. The molecular formula is C22H28FNO3S. The molecule has 1 aliphatic heterocycles. The number of halogens is 1. The zero-order chi connectivity index (χ0) is 20.0. The van der Waals surface area contributed by atoms with Gasteiger partial charge in [-0.05, 0) is 61.7 Å². The Balaban J connectivity index is 1.74. The summed E-state index contributed by atoms with van der Waals surface area (Å²) in [6.45, 7) is 5.05. The monoisotopic (exact) mass is 405 g/mol. The topological polar surface area (TPSA) is 46.6 Å². The van der Waals surface area contributed by atoms with Gasteiger partial charge in [0.15, 0.2) is 0 Å². The van der Waals surface area contributed by atoms with E-state index in [0.29, 0.717) is 0 Å². The largest absolute Gasteiger partial charge is 0.303 e. The fourth-order valence-corrected chi connectivity index (χ4v) is 4.82. The molecule has 1 fully saturated rings. The molecule has 0 spiro atoms. The van der Waals surface area contributed by atoms with Crippen molar-refractivity contribution >= 4 is 10.1 Å². The minimum Gasteiger partial charge on any atom is -0.303 e. The van der Waals surface area contributed by atoms with Gasteiger partial charge in [0.2, 0.25) is 0 Å². The highest BCUT2D eigenvalue weighted by molar-refractivity contribution is 7.86. The van der Waals surface area contributed by atoms with Crippen LogP contribution in [0.5, 0.6) is 0 Å². The molecule has 1 aliphatic rings. The first-order chi connectivity index (χ1) is 13.5. The van der Waals surface area contributed by atoms with Crippen LogP contribution in [0, 0.1) is 11.7 Å². The Hall–Kier alpha value is -1.76. The number of benzene rings is 2. The fraction of sp³-hybridized carbons (Fsp3) is 0.455. The van der Waals surface area contributed by atoms with Crippen molar-refractivity contribution in [3.05, 3.63) is 66.0 Å². The Labute approximate surface area is 167 Å². The van der Waals surface area contributed by atoms with Crippen molar-refractivity contribution in [2.75, 3.05) is 26.2 Å². The first-order valence-electron chi connectivity index (χ1n) is 9.92. The fourth-order valence-electron chi connectivity index (χ4n) is 3.84. The van der Waals surface area contributed by atoms with Gasteiger partial charge < -0.3 is 4.90 Å². The molecular weight excluding hydrogens is 377 g/mol. The van der Waals surface area contributed by atoms with Gasteiger partial charge in [-0.15, -0.1) is 0 Å². The van der Waals surface area contributed by atoms with Gasteiger partial charge in [-0.25, -0.2) is 4.39 Å². The van der Waals surface area contributed by atoms with E-state index in [9.17, 15) is 12.8 Å².